The van der Waals surface area contributed by atoms with Gasteiger partial charge < -0.3 is 42.3 Å². The quantitative estimate of drug-likeness (QED) is 0.346. The van der Waals surface area contributed by atoms with E-state index in [0.717, 1.165) is 0 Å². The molecule has 10 N–H and O–H groups in total. The summed E-state index contributed by atoms with van der Waals surface area (Å²) in [5.74, 6) is -4.12. The van der Waals surface area contributed by atoms with Crippen LogP contribution in [0.1, 0.15) is 0 Å². The summed E-state index contributed by atoms with van der Waals surface area (Å²) >= 11 is 0. The zero-order valence-corrected chi connectivity index (χ0v) is 6.10. The number of hydrogen-bond donors (Lipinski definition) is 4. The van der Waals surface area contributed by atoms with Crippen LogP contribution in [0.2, 0.25) is 2.82 Å². The van der Waals surface area contributed by atoms with Gasteiger partial charge in [0.1, 0.15) is 12.2 Å². The standard InChI is InChI=1S/C4H6O6.2H3N/c5-1(3(7)8)2(6)4(9)10;;/h1-2,5-6H,(H,7,8)(H,9,10);2*1H3/i/hD2. The molecule has 0 bridgehead atoms. The van der Waals surface area contributed by atoms with Crippen LogP contribution in [0, 0.1) is 0 Å². The average Bonchev–Trinajstić information content (AvgIpc) is 2.21. The number of carboxylic acids is 2. The van der Waals surface area contributed by atoms with Crippen LogP contribution in [0.3, 0.4) is 0 Å². The Labute approximate surface area is 70.5 Å². The number of quaternary nitrogens is 2. The number of rotatable bonds is 3. The third kappa shape index (κ3) is 4.57. The molecule has 12 heavy (non-hydrogen) atoms. The van der Waals surface area contributed by atoms with Crippen LogP contribution in [-0.2, 0) is 9.59 Å². The van der Waals surface area contributed by atoms with E-state index in [9.17, 15) is 19.8 Å². The lowest BCUT2D eigenvalue weighted by Gasteiger charge is -2.18. The fourth-order valence-electron chi connectivity index (χ4n) is 0.258. The highest BCUT2D eigenvalue weighted by Gasteiger charge is 2.17. The first kappa shape index (κ1) is 10.8. The Morgan fingerprint density at radius 1 is 1.08 bits per heavy atom. The highest BCUT2D eigenvalue weighted by Crippen LogP contribution is 1.88. The molecule has 0 heterocycles. The maximum absolute atomic E-state index is 9.63. The van der Waals surface area contributed by atoms with Gasteiger partial charge in [0.25, 0.3) is 0 Å². The molecule has 8 nitrogen and oxygen atoms in total. The zero-order chi connectivity index (χ0) is 12.3. The molecule has 74 valence electrons. The van der Waals surface area contributed by atoms with E-state index in [4.69, 9.17) is 13.0 Å². The highest BCUT2D eigenvalue weighted by molar-refractivity contribution is 5.80. The summed E-state index contributed by atoms with van der Waals surface area (Å²) in [6, 6.07) is 0. The van der Waals surface area contributed by atoms with Crippen LogP contribution in [0.15, 0.2) is 0 Å². The first-order chi connectivity index (χ1) is 6.46. The van der Waals surface area contributed by atoms with E-state index in [1.165, 1.54) is 0 Å². The van der Waals surface area contributed by atoms with Crippen molar-refractivity contribution >= 4 is 11.9 Å². The molecular weight excluding hydrogens is 172 g/mol. The topological polar surface area (TPSA) is 194 Å². The second-order valence-electron chi connectivity index (χ2n) is 1.53. The number of aliphatic hydroxyl groups excluding tert-OH is 2. The van der Waals surface area contributed by atoms with Gasteiger partial charge in [-0.2, -0.15) is 0 Å². The van der Waals surface area contributed by atoms with Crippen molar-refractivity contribution < 1.29 is 32.8 Å². The molecule has 0 radical (unpaired) electrons. The molecule has 0 saturated heterocycles. The lowest BCUT2D eigenvalue weighted by molar-refractivity contribution is -0.333. The first-order valence-corrected chi connectivity index (χ1v) is 2.24. The van der Waals surface area contributed by atoms with E-state index in [-0.39, 0.29) is 0 Å². The number of hydrogen-bond acceptors (Lipinski definition) is 6. The van der Waals surface area contributed by atoms with E-state index in [1.54, 1.807) is 0 Å². The van der Waals surface area contributed by atoms with Gasteiger partial charge in [-0.15, -0.1) is 0 Å². The first-order valence-electron chi connectivity index (χ1n) is 3.66. The van der Waals surface area contributed by atoms with Gasteiger partial charge in [0.05, 0.1) is 11.9 Å². The van der Waals surface area contributed by atoms with Gasteiger partial charge in [-0.25, -0.2) is 0 Å². The Morgan fingerprint density at radius 3 is 1.33 bits per heavy atom. The Kier molecular flexibility index (Phi) is 5.83. The number of aliphatic hydroxyl groups is 2. The summed E-state index contributed by atoms with van der Waals surface area (Å²) in [6.07, 6.45) is 0.120. The molecule has 0 aromatic carbocycles. The van der Waals surface area contributed by atoms with Crippen molar-refractivity contribution in [3.8, 4) is 0 Å². The maximum Gasteiger partial charge on any atom is 0.342 e. The normalized spacial score (nSPS) is 14.3. The van der Waals surface area contributed by atoms with Gasteiger partial charge >= 0.3 is 2.82 Å². The van der Waals surface area contributed by atoms with Crippen molar-refractivity contribution in [3.05, 3.63) is 0 Å². The number of carboxylic acid groups (broad SMARTS) is 2. The van der Waals surface area contributed by atoms with Gasteiger partial charge in [-0.05, 0) is 0 Å². The molecule has 0 aliphatic rings. The molecule has 2 atom stereocenters. The molecule has 0 spiro atoms. The van der Waals surface area contributed by atoms with E-state index >= 15 is 0 Å². The summed E-state index contributed by atoms with van der Waals surface area (Å²) in [7, 11) is 0. The second kappa shape index (κ2) is 6.49. The van der Waals surface area contributed by atoms with E-state index in [1.807, 2.05) is 0 Å². The van der Waals surface area contributed by atoms with Crippen LogP contribution in [-0.4, -0.2) is 34.4 Å². The Balaban J connectivity index is -0.000000266. The molecule has 0 aliphatic carbocycles. The van der Waals surface area contributed by atoms with Crippen LogP contribution >= 0.6 is 0 Å². The van der Waals surface area contributed by atoms with Gasteiger partial charge in [0.2, 0.25) is 0 Å². The lowest BCUT2D eigenvalue weighted by Crippen LogP contribution is -2.51. The third-order valence-electron chi connectivity index (χ3n) is 0.782. The van der Waals surface area contributed by atoms with Crippen LogP contribution < -0.4 is 22.5 Å². The molecular formula is C4H12N2O6. The summed E-state index contributed by atoms with van der Waals surface area (Å²) in [5, 5.41) is 35.7. The highest BCUT2D eigenvalue weighted by atomic mass is 16.4. The summed E-state index contributed by atoms with van der Waals surface area (Å²) in [5.41, 5.74) is 0. The van der Waals surface area contributed by atoms with Crippen LogP contribution in [0.25, 0.3) is 0 Å². The molecule has 0 aromatic rings. The monoisotopic (exact) mass is 186 g/mol. The fourth-order valence-corrected chi connectivity index (χ4v) is 0.258. The van der Waals surface area contributed by atoms with E-state index in [0.29, 0.717) is 0 Å². The zero-order valence-electron chi connectivity index (χ0n) is 8.10. The minimum Gasteiger partial charge on any atom is -0.547 e. The van der Waals surface area contributed by atoms with Crippen molar-refractivity contribution in [1.29, 1.82) is 0 Å². The summed E-state index contributed by atoms with van der Waals surface area (Å²) < 4.78 is 11.0. The largest absolute Gasteiger partial charge is 0.547 e. The predicted octanol–water partition coefficient (Wildman–Crippen LogP) is -4.04. The van der Waals surface area contributed by atoms with Crippen LogP contribution in [0.5, 0.6) is 0 Å². The fraction of sp³-hybridized carbons (Fsp3) is 0.500. The number of aliphatic carboxylic acids is 2. The van der Waals surface area contributed by atoms with E-state index in [2.05, 4.69) is 12.3 Å². The van der Waals surface area contributed by atoms with Gasteiger partial charge in [-0.3, -0.25) is 0 Å². The average molecular weight is 186 g/mol. The number of carbonyl (C=O) groups excluding carboxylic acids is 2. The smallest absolute Gasteiger partial charge is 0.342 e. The SMILES string of the molecule is O=C([O-])C(O)C(O)C(=O)[O-].[2H][NH3+].[2H][NH3+]. The van der Waals surface area contributed by atoms with Gasteiger partial charge in [0.15, 0.2) is 0 Å². The molecule has 0 amide bonds. The molecule has 0 aromatic heterocycles. The minimum absolute atomic E-state index is 2.06. The molecule has 0 rings (SSSR count). The minimum atomic E-state index is -2.44. The summed E-state index contributed by atoms with van der Waals surface area (Å²) in [6.45, 7) is 0. The van der Waals surface area contributed by atoms with Crippen molar-refractivity contribution in [3.63, 3.8) is 0 Å². The molecule has 0 aliphatic heterocycles. The third-order valence-corrected chi connectivity index (χ3v) is 0.782. The van der Waals surface area contributed by atoms with E-state index < -0.39 is 24.1 Å². The molecule has 0 fully saturated rings. The summed E-state index contributed by atoms with van der Waals surface area (Å²) in [4.78, 5) is 19.3. The van der Waals surface area contributed by atoms with Crippen LogP contribution in [0.4, 0.5) is 0 Å². The van der Waals surface area contributed by atoms with Gasteiger partial charge in [-0.1, -0.05) is 0 Å². The molecule has 2 unspecified atom stereocenters. The lowest BCUT2D eigenvalue weighted by atomic mass is 10.2. The van der Waals surface area contributed by atoms with Crippen molar-refractivity contribution in [1.82, 2.24) is 12.3 Å². The Hall–Kier alpha value is -1.22. The molecule has 8 heteroatoms. The van der Waals surface area contributed by atoms with Crippen molar-refractivity contribution in [2.75, 3.05) is 0 Å². The molecule has 0 saturated carbocycles. The van der Waals surface area contributed by atoms with Crippen molar-refractivity contribution in [2.24, 2.45) is 0 Å². The van der Waals surface area contributed by atoms with Gasteiger partial charge in [0, 0.05) is 0 Å². The maximum atomic E-state index is 9.63. The van der Waals surface area contributed by atoms with Crippen molar-refractivity contribution in [2.45, 2.75) is 12.2 Å². The predicted molar refractivity (Wildman–Crippen MR) is 34.0 cm³/mol. The Bertz CT molecular complexity index is 150. The second-order valence-corrected chi connectivity index (χ2v) is 1.53. The number of carbonyl (C=O) groups is 2. The Morgan fingerprint density at radius 2 is 1.25 bits per heavy atom.